The number of benzene rings is 6. The molecule has 0 radical (unpaired) electrons. The van der Waals surface area contributed by atoms with Gasteiger partial charge in [0, 0.05) is 27.3 Å². The third kappa shape index (κ3) is 4.04. The van der Waals surface area contributed by atoms with Crippen molar-refractivity contribution in [3.05, 3.63) is 157 Å². The van der Waals surface area contributed by atoms with Crippen molar-refractivity contribution in [2.24, 2.45) is 0 Å². The summed E-state index contributed by atoms with van der Waals surface area (Å²) in [6, 6.07) is 51.3. The van der Waals surface area contributed by atoms with Crippen molar-refractivity contribution < 1.29 is 0 Å². The molecule has 4 heteroatoms. The molecule has 0 bridgehead atoms. The van der Waals surface area contributed by atoms with Crippen molar-refractivity contribution >= 4 is 21.8 Å². The third-order valence-corrected chi connectivity index (χ3v) is 9.48. The van der Waals surface area contributed by atoms with Crippen LogP contribution in [0.25, 0.3) is 72.8 Å². The van der Waals surface area contributed by atoms with Crippen molar-refractivity contribution in [3.63, 3.8) is 0 Å². The van der Waals surface area contributed by atoms with Crippen molar-refractivity contribution in [2.75, 3.05) is 0 Å². The van der Waals surface area contributed by atoms with Gasteiger partial charge in [0.25, 0.3) is 0 Å². The lowest BCUT2D eigenvalue weighted by Crippen LogP contribution is -2.15. The summed E-state index contributed by atoms with van der Waals surface area (Å²) in [6.45, 7) is 4.61. The first-order chi connectivity index (χ1) is 22.6. The summed E-state index contributed by atoms with van der Waals surface area (Å²) < 4.78 is 2.18. The molecule has 0 saturated carbocycles. The molecule has 6 aromatic carbocycles. The summed E-state index contributed by atoms with van der Waals surface area (Å²) in [6.07, 6.45) is 0. The van der Waals surface area contributed by atoms with E-state index in [-0.39, 0.29) is 5.41 Å². The van der Waals surface area contributed by atoms with E-state index in [2.05, 4.69) is 146 Å². The Morgan fingerprint density at radius 3 is 1.85 bits per heavy atom. The highest BCUT2D eigenvalue weighted by molar-refractivity contribution is 6.10. The van der Waals surface area contributed by atoms with Crippen molar-refractivity contribution in [2.45, 2.75) is 19.3 Å². The van der Waals surface area contributed by atoms with Crippen LogP contribution in [0.15, 0.2) is 146 Å². The zero-order chi connectivity index (χ0) is 30.8. The molecule has 4 nitrogen and oxygen atoms in total. The molecule has 2 heterocycles. The zero-order valence-corrected chi connectivity index (χ0v) is 25.6. The largest absolute Gasteiger partial charge is 0.278 e. The fourth-order valence-corrected chi connectivity index (χ4v) is 7.15. The highest BCUT2D eigenvalue weighted by Crippen LogP contribution is 2.49. The maximum atomic E-state index is 5.22. The van der Waals surface area contributed by atoms with Crippen LogP contribution in [0, 0.1) is 0 Å². The van der Waals surface area contributed by atoms with Crippen LogP contribution >= 0.6 is 0 Å². The van der Waals surface area contributed by atoms with Gasteiger partial charge in [-0.05, 0) is 57.6 Å². The Kier molecular flexibility index (Phi) is 5.81. The Bertz CT molecular complexity index is 2440. The Morgan fingerprint density at radius 2 is 1.04 bits per heavy atom. The van der Waals surface area contributed by atoms with Gasteiger partial charge in [0.2, 0.25) is 5.95 Å². The number of rotatable bonds is 4. The first kappa shape index (κ1) is 26.5. The van der Waals surface area contributed by atoms with Gasteiger partial charge in [-0.25, -0.2) is 4.98 Å². The second-order valence-electron chi connectivity index (χ2n) is 12.5. The lowest BCUT2D eigenvalue weighted by atomic mass is 9.82. The molecule has 9 rings (SSSR count). The van der Waals surface area contributed by atoms with E-state index in [1.165, 1.54) is 33.4 Å². The van der Waals surface area contributed by atoms with Crippen molar-refractivity contribution in [1.29, 1.82) is 0 Å². The van der Waals surface area contributed by atoms with Gasteiger partial charge in [-0.15, -0.1) is 0 Å². The van der Waals surface area contributed by atoms with Crippen molar-refractivity contribution in [1.82, 2.24) is 19.5 Å². The van der Waals surface area contributed by atoms with Gasteiger partial charge in [0.1, 0.15) is 0 Å². The van der Waals surface area contributed by atoms with E-state index in [9.17, 15) is 0 Å². The lowest BCUT2D eigenvalue weighted by Gasteiger charge is -2.21. The Labute approximate surface area is 267 Å². The van der Waals surface area contributed by atoms with Crippen LogP contribution in [-0.4, -0.2) is 19.5 Å². The van der Waals surface area contributed by atoms with Gasteiger partial charge in [-0.2, -0.15) is 9.97 Å². The minimum Gasteiger partial charge on any atom is -0.278 e. The molecule has 1 aliphatic rings. The van der Waals surface area contributed by atoms with Gasteiger partial charge in [-0.3, -0.25) is 4.57 Å². The predicted octanol–water partition coefficient (Wildman–Crippen LogP) is 10.3. The zero-order valence-electron chi connectivity index (χ0n) is 25.6. The van der Waals surface area contributed by atoms with E-state index >= 15 is 0 Å². The molecular weight excluding hydrogens is 560 g/mol. The number of fused-ring (bicyclic) bond motifs is 6. The predicted molar refractivity (Wildman–Crippen MR) is 188 cm³/mol. The number of nitrogens with zero attached hydrogens (tertiary/aromatic N) is 4. The van der Waals surface area contributed by atoms with Crippen LogP contribution in [0.1, 0.15) is 25.0 Å². The lowest BCUT2D eigenvalue weighted by molar-refractivity contribution is 0.660. The quantitative estimate of drug-likeness (QED) is 0.205. The van der Waals surface area contributed by atoms with Crippen molar-refractivity contribution in [3.8, 4) is 51.0 Å². The average Bonchev–Trinajstić information content (AvgIpc) is 3.57. The van der Waals surface area contributed by atoms with Crippen LogP contribution in [0.2, 0.25) is 0 Å². The highest BCUT2D eigenvalue weighted by Gasteiger charge is 2.35. The molecule has 0 atom stereocenters. The monoisotopic (exact) mass is 590 g/mol. The standard InChI is InChI=1S/C42H30N4/c1-42(2)35-19-11-9-17-31(35)32-23-21-30(26-36(32)42)40-43-39(28-15-7-4-8-16-28)44-41(45-40)46-37-20-12-10-18-33(37)34-25-29(22-24-38(34)46)27-13-5-3-6-14-27/h3-26H,1-2H3. The number of aromatic nitrogens is 4. The van der Waals surface area contributed by atoms with Gasteiger partial charge in [0.15, 0.2) is 11.6 Å². The molecule has 0 amide bonds. The number of hydrogen-bond donors (Lipinski definition) is 0. The third-order valence-electron chi connectivity index (χ3n) is 9.48. The van der Waals surface area contributed by atoms with Crippen LogP contribution in [-0.2, 0) is 5.41 Å². The van der Waals surface area contributed by atoms with E-state index in [1.54, 1.807) is 0 Å². The van der Waals surface area contributed by atoms with Crippen LogP contribution < -0.4 is 0 Å². The molecule has 2 aromatic heterocycles. The maximum absolute atomic E-state index is 5.22. The second kappa shape index (κ2) is 10.1. The van der Waals surface area contributed by atoms with E-state index in [4.69, 9.17) is 15.0 Å². The number of hydrogen-bond acceptors (Lipinski definition) is 3. The average molecular weight is 591 g/mol. The Hall–Kier alpha value is -5.87. The molecule has 1 aliphatic carbocycles. The molecule has 0 unspecified atom stereocenters. The van der Waals surface area contributed by atoms with E-state index in [0.29, 0.717) is 17.6 Å². The Balaban J connectivity index is 1.28. The summed E-state index contributed by atoms with van der Waals surface area (Å²) in [5.74, 6) is 1.91. The smallest absolute Gasteiger partial charge is 0.238 e. The Morgan fingerprint density at radius 1 is 0.435 bits per heavy atom. The summed E-state index contributed by atoms with van der Waals surface area (Å²) in [5, 5.41) is 2.33. The maximum Gasteiger partial charge on any atom is 0.238 e. The summed E-state index contributed by atoms with van der Waals surface area (Å²) in [5.41, 5.74) is 11.5. The minimum atomic E-state index is -0.122. The van der Waals surface area contributed by atoms with E-state index in [0.717, 1.165) is 32.9 Å². The first-order valence-corrected chi connectivity index (χ1v) is 15.7. The van der Waals surface area contributed by atoms with Crippen LogP contribution in [0.5, 0.6) is 0 Å². The van der Waals surface area contributed by atoms with E-state index < -0.39 is 0 Å². The van der Waals surface area contributed by atoms with Crippen LogP contribution in [0.3, 0.4) is 0 Å². The SMILES string of the molecule is CC1(C)c2ccccc2-c2ccc(-c3nc(-c4ccccc4)nc(-n4c5ccccc5c5cc(-c6ccccc6)ccc54)n3)cc21. The van der Waals surface area contributed by atoms with Gasteiger partial charge < -0.3 is 0 Å². The molecule has 218 valence electrons. The molecule has 0 aliphatic heterocycles. The second-order valence-corrected chi connectivity index (χ2v) is 12.5. The summed E-state index contributed by atoms with van der Waals surface area (Å²) in [7, 11) is 0. The molecule has 0 saturated heterocycles. The van der Waals surface area contributed by atoms with Gasteiger partial charge in [-0.1, -0.05) is 135 Å². The fourth-order valence-electron chi connectivity index (χ4n) is 7.15. The molecular formula is C42H30N4. The molecule has 0 spiro atoms. The van der Waals surface area contributed by atoms with Gasteiger partial charge >= 0.3 is 0 Å². The minimum absolute atomic E-state index is 0.122. The summed E-state index contributed by atoms with van der Waals surface area (Å²) >= 11 is 0. The van der Waals surface area contributed by atoms with Crippen LogP contribution in [0.4, 0.5) is 0 Å². The fraction of sp³-hybridized carbons (Fsp3) is 0.0714. The highest BCUT2D eigenvalue weighted by atomic mass is 15.2. The normalized spacial score (nSPS) is 13.2. The van der Waals surface area contributed by atoms with E-state index in [1.807, 2.05) is 18.2 Å². The molecule has 0 fully saturated rings. The number of para-hydroxylation sites is 1. The summed E-state index contributed by atoms with van der Waals surface area (Å²) in [4.78, 5) is 15.4. The first-order valence-electron chi connectivity index (χ1n) is 15.7. The molecule has 46 heavy (non-hydrogen) atoms. The molecule has 8 aromatic rings. The topological polar surface area (TPSA) is 43.6 Å². The van der Waals surface area contributed by atoms with Gasteiger partial charge in [0.05, 0.1) is 11.0 Å². The molecule has 0 N–H and O–H groups in total.